The van der Waals surface area contributed by atoms with E-state index >= 15 is 0 Å². The average Bonchev–Trinajstić information content (AvgIpc) is 2.67. The predicted octanol–water partition coefficient (Wildman–Crippen LogP) is 3.03. The van der Waals surface area contributed by atoms with Crippen LogP contribution in [0, 0.1) is 0 Å². The van der Waals surface area contributed by atoms with Gasteiger partial charge in [-0.2, -0.15) is 0 Å². The molecule has 0 heterocycles. The Morgan fingerprint density at radius 3 is 1.88 bits per heavy atom. The summed E-state index contributed by atoms with van der Waals surface area (Å²) in [6.45, 7) is 5.95. The van der Waals surface area contributed by atoms with Crippen LogP contribution in [0.2, 0.25) is 0 Å². The molecule has 1 N–H and O–H groups in total. The van der Waals surface area contributed by atoms with Crippen LogP contribution in [0.4, 0.5) is 0 Å². The molecule has 0 fully saturated rings. The standard InChI is InChI=1S/C21H25NO4/c1-4-22-19(23)16(3)26-20(24)21(25-5-2,17-12-8-6-9-13-17)18-14-10-7-11-15-18/h6-16H,4-5H2,1-3H3,(H,22,23)/t16-/m0/s1. The molecule has 138 valence electrons. The van der Waals surface area contributed by atoms with Crippen molar-refractivity contribution in [1.29, 1.82) is 0 Å². The molecular formula is C21H25NO4. The minimum atomic E-state index is -1.43. The quantitative estimate of drug-likeness (QED) is 0.739. The largest absolute Gasteiger partial charge is 0.450 e. The number of rotatable bonds is 8. The molecule has 0 aliphatic heterocycles. The van der Waals surface area contributed by atoms with Gasteiger partial charge in [0.05, 0.1) is 0 Å². The zero-order valence-electron chi connectivity index (χ0n) is 15.4. The smallest absolute Gasteiger partial charge is 0.348 e. The van der Waals surface area contributed by atoms with Gasteiger partial charge in [-0.1, -0.05) is 60.7 Å². The van der Waals surface area contributed by atoms with Crippen molar-refractivity contribution in [3.63, 3.8) is 0 Å². The zero-order valence-corrected chi connectivity index (χ0v) is 15.4. The highest BCUT2D eigenvalue weighted by Crippen LogP contribution is 2.35. The van der Waals surface area contributed by atoms with Crippen LogP contribution < -0.4 is 5.32 Å². The third-order valence-corrected chi connectivity index (χ3v) is 4.01. The first-order chi connectivity index (χ1) is 12.6. The maximum atomic E-state index is 13.2. The number of nitrogens with one attached hydrogen (secondary N) is 1. The topological polar surface area (TPSA) is 64.6 Å². The number of amides is 1. The van der Waals surface area contributed by atoms with Crippen molar-refractivity contribution in [1.82, 2.24) is 5.32 Å². The predicted molar refractivity (Wildman–Crippen MR) is 99.5 cm³/mol. The van der Waals surface area contributed by atoms with E-state index in [1.54, 1.807) is 6.92 Å². The van der Waals surface area contributed by atoms with E-state index in [1.165, 1.54) is 0 Å². The molecule has 5 nitrogen and oxygen atoms in total. The Hall–Kier alpha value is -2.66. The van der Waals surface area contributed by atoms with Crippen molar-refractivity contribution in [3.8, 4) is 0 Å². The molecule has 0 saturated carbocycles. The number of ether oxygens (including phenoxy) is 2. The highest BCUT2D eigenvalue weighted by atomic mass is 16.6. The average molecular weight is 355 g/mol. The molecule has 0 spiro atoms. The van der Waals surface area contributed by atoms with Crippen LogP contribution in [-0.2, 0) is 24.7 Å². The highest BCUT2D eigenvalue weighted by molar-refractivity contribution is 5.89. The maximum absolute atomic E-state index is 13.2. The van der Waals surface area contributed by atoms with Crippen LogP contribution in [0.25, 0.3) is 0 Å². The second-order valence-electron chi connectivity index (χ2n) is 5.79. The second-order valence-corrected chi connectivity index (χ2v) is 5.79. The van der Waals surface area contributed by atoms with Gasteiger partial charge in [0.15, 0.2) is 6.10 Å². The van der Waals surface area contributed by atoms with E-state index in [-0.39, 0.29) is 5.91 Å². The van der Waals surface area contributed by atoms with Crippen molar-refractivity contribution >= 4 is 11.9 Å². The van der Waals surface area contributed by atoms with Crippen LogP contribution in [-0.4, -0.2) is 31.1 Å². The summed E-state index contributed by atoms with van der Waals surface area (Å²) in [6, 6.07) is 18.4. The number of hydrogen-bond donors (Lipinski definition) is 1. The number of benzene rings is 2. The van der Waals surface area contributed by atoms with Gasteiger partial charge >= 0.3 is 5.97 Å². The minimum absolute atomic E-state index is 0.300. The summed E-state index contributed by atoms with van der Waals surface area (Å²) < 4.78 is 11.5. The van der Waals surface area contributed by atoms with Gasteiger partial charge in [-0.3, -0.25) is 4.79 Å². The van der Waals surface area contributed by atoms with Gasteiger partial charge in [0.2, 0.25) is 5.60 Å². The monoisotopic (exact) mass is 355 g/mol. The van der Waals surface area contributed by atoms with Crippen molar-refractivity contribution in [2.24, 2.45) is 0 Å². The summed E-state index contributed by atoms with van der Waals surface area (Å²) in [5.74, 6) is -0.956. The first-order valence-corrected chi connectivity index (χ1v) is 8.80. The van der Waals surface area contributed by atoms with E-state index in [1.807, 2.05) is 74.5 Å². The zero-order chi connectivity index (χ0) is 19.0. The summed E-state index contributed by atoms with van der Waals surface area (Å²) >= 11 is 0. The molecule has 0 radical (unpaired) electrons. The number of esters is 1. The summed E-state index contributed by atoms with van der Waals surface area (Å²) in [4.78, 5) is 25.3. The first kappa shape index (κ1) is 19.7. The minimum Gasteiger partial charge on any atom is -0.450 e. The maximum Gasteiger partial charge on any atom is 0.348 e. The molecular weight excluding hydrogens is 330 g/mol. The highest BCUT2D eigenvalue weighted by Gasteiger charge is 2.45. The molecule has 1 atom stereocenters. The Labute approximate surface area is 154 Å². The van der Waals surface area contributed by atoms with Crippen LogP contribution in [0.3, 0.4) is 0 Å². The molecule has 0 aliphatic carbocycles. The molecule has 0 bridgehead atoms. The Bertz CT molecular complexity index is 676. The number of hydrogen-bond acceptors (Lipinski definition) is 4. The molecule has 1 amide bonds. The van der Waals surface area contributed by atoms with E-state index in [2.05, 4.69) is 5.32 Å². The van der Waals surface area contributed by atoms with E-state index < -0.39 is 17.7 Å². The summed E-state index contributed by atoms with van der Waals surface area (Å²) in [6.07, 6.45) is -0.922. The van der Waals surface area contributed by atoms with Gasteiger partial charge in [-0.15, -0.1) is 0 Å². The van der Waals surface area contributed by atoms with Crippen molar-refractivity contribution in [2.75, 3.05) is 13.2 Å². The van der Waals surface area contributed by atoms with Crippen LogP contribution in [0.1, 0.15) is 31.9 Å². The fraction of sp³-hybridized carbons (Fsp3) is 0.333. The molecule has 0 aromatic heterocycles. The summed E-state index contributed by atoms with van der Waals surface area (Å²) in [5.41, 5.74) is -0.125. The number of likely N-dealkylation sites (N-methyl/N-ethyl adjacent to an activating group) is 1. The second kappa shape index (κ2) is 9.15. The summed E-state index contributed by atoms with van der Waals surface area (Å²) in [5, 5.41) is 2.66. The molecule has 2 aromatic carbocycles. The van der Waals surface area contributed by atoms with Crippen LogP contribution >= 0.6 is 0 Å². The van der Waals surface area contributed by atoms with Crippen LogP contribution in [0.5, 0.6) is 0 Å². The SMILES string of the molecule is CCNC(=O)[C@H](C)OC(=O)C(OCC)(c1ccccc1)c1ccccc1. The first-order valence-electron chi connectivity index (χ1n) is 8.80. The molecule has 5 heteroatoms. The van der Waals surface area contributed by atoms with Crippen molar-refractivity contribution in [2.45, 2.75) is 32.5 Å². The Kier molecular flexibility index (Phi) is 6.92. The van der Waals surface area contributed by atoms with Crippen molar-refractivity contribution < 1.29 is 19.1 Å². The Balaban J connectivity index is 2.49. The van der Waals surface area contributed by atoms with E-state index in [4.69, 9.17) is 9.47 Å². The van der Waals surface area contributed by atoms with E-state index in [9.17, 15) is 9.59 Å². The third kappa shape index (κ3) is 4.11. The van der Waals surface area contributed by atoms with E-state index in [0.717, 1.165) is 0 Å². The molecule has 26 heavy (non-hydrogen) atoms. The van der Waals surface area contributed by atoms with Gasteiger partial charge in [-0.05, 0) is 31.9 Å². The van der Waals surface area contributed by atoms with Gasteiger partial charge in [0.25, 0.3) is 5.91 Å². The lowest BCUT2D eigenvalue weighted by Crippen LogP contribution is -2.45. The molecule has 0 aliphatic rings. The Morgan fingerprint density at radius 2 is 1.46 bits per heavy atom. The van der Waals surface area contributed by atoms with E-state index in [0.29, 0.717) is 24.3 Å². The molecule has 0 saturated heterocycles. The lowest BCUT2D eigenvalue weighted by molar-refractivity contribution is -0.175. The molecule has 2 rings (SSSR count). The lowest BCUT2D eigenvalue weighted by Gasteiger charge is -2.33. The van der Waals surface area contributed by atoms with Gasteiger partial charge in [-0.25, -0.2) is 4.79 Å². The fourth-order valence-corrected chi connectivity index (χ4v) is 2.81. The van der Waals surface area contributed by atoms with Crippen molar-refractivity contribution in [3.05, 3.63) is 71.8 Å². The number of carbonyl (C=O) groups excluding carboxylic acids is 2. The van der Waals surface area contributed by atoms with Crippen LogP contribution in [0.15, 0.2) is 60.7 Å². The molecule has 0 unspecified atom stereocenters. The third-order valence-electron chi connectivity index (χ3n) is 4.01. The summed E-state index contributed by atoms with van der Waals surface area (Å²) in [7, 11) is 0. The van der Waals surface area contributed by atoms with Gasteiger partial charge < -0.3 is 14.8 Å². The molecule has 2 aromatic rings. The Morgan fingerprint density at radius 1 is 0.962 bits per heavy atom. The normalized spacial score (nSPS) is 12.3. The number of carbonyl (C=O) groups is 2. The lowest BCUT2D eigenvalue weighted by atomic mass is 9.86. The van der Waals surface area contributed by atoms with Gasteiger partial charge in [0.1, 0.15) is 0 Å². The fourth-order valence-electron chi connectivity index (χ4n) is 2.81. The van der Waals surface area contributed by atoms with Gasteiger partial charge in [0, 0.05) is 13.2 Å².